The number of hydrogen-bond acceptors (Lipinski definition) is 2. The molecule has 2 aromatic rings. The molecule has 0 heterocycles. The summed E-state index contributed by atoms with van der Waals surface area (Å²) in [4.78, 5) is 12.1. The Bertz CT molecular complexity index is 689. The van der Waals surface area contributed by atoms with Crippen LogP contribution < -0.4 is 10.1 Å². The first-order valence-corrected chi connectivity index (χ1v) is 7.04. The molecule has 3 nitrogen and oxygen atoms in total. The van der Waals surface area contributed by atoms with Crippen molar-refractivity contribution in [1.82, 2.24) is 0 Å². The molecule has 116 valence electrons. The lowest BCUT2D eigenvalue weighted by Crippen LogP contribution is -2.17. The first-order chi connectivity index (χ1) is 10.2. The fourth-order valence-electron chi connectivity index (χ4n) is 1.61. The monoisotopic (exact) mass is 393 g/mol. The highest BCUT2D eigenvalue weighted by Gasteiger charge is 2.30. The standard InChI is InChI=1S/C14H8BrClF3NO2/c15-8-1-6-12(16)11(7-8)13(21)20-9-2-4-10(5-3-9)22-14(17,18)19/h1-7H,(H,20,21). The molecule has 0 aliphatic rings. The summed E-state index contributed by atoms with van der Waals surface area (Å²) in [6.07, 6.45) is -4.76. The van der Waals surface area contributed by atoms with Crippen LogP contribution in [0.4, 0.5) is 18.9 Å². The van der Waals surface area contributed by atoms with Crippen molar-refractivity contribution in [2.24, 2.45) is 0 Å². The Morgan fingerprint density at radius 1 is 1.14 bits per heavy atom. The molecule has 8 heteroatoms. The number of halogens is 5. The van der Waals surface area contributed by atoms with E-state index in [2.05, 4.69) is 26.0 Å². The minimum atomic E-state index is -4.76. The summed E-state index contributed by atoms with van der Waals surface area (Å²) >= 11 is 9.15. The van der Waals surface area contributed by atoms with E-state index in [4.69, 9.17) is 11.6 Å². The summed E-state index contributed by atoms with van der Waals surface area (Å²) in [6.45, 7) is 0. The predicted molar refractivity (Wildman–Crippen MR) is 80.2 cm³/mol. The van der Waals surface area contributed by atoms with Crippen LogP contribution in [0.3, 0.4) is 0 Å². The SMILES string of the molecule is O=C(Nc1ccc(OC(F)(F)F)cc1)c1cc(Br)ccc1Cl. The van der Waals surface area contributed by atoms with Crippen LogP contribution in [0, 0.1) is 0 Å². The number of nitrogens with one attached hydrogen (secondary N) is 1. The van der Waals surface area contributed by atoms with E-state index in [1.54, 1.807) is 18.2 Å². The first-order valence-electron chi connectivity index (χ1n) is 5.87. The Morgan fingerprint density at radius 3 is 2.36 bits per heavy atom. The smallest absolute Gasteiger partial charge is 0.406 e. The fraction of sp³-hybridized carbons (Fsp3) is 0.0714. The molecule has 1 N–H and O–H groups in total. The van der Waals surface area contributed by atoms with Gasteiger partial charge in [-0.3, -0.25) is 4.79 Å². The molecule has 0 aromatic heterocycles. The molecule has 0 bridgehead atoms. The molecule has 0 aliphatic heterocycles. The molecule has 0 fully saturated rings. The van der Waals surface area contributed by atoms with Gasteiger partial charge in [-0.05, 0) is 42.5 Å². The molecule has 0 saturated carbocycles. The second kappa shape index (κ2) is 6.58. The van der Waals surface area contributed by atoms with Crippen molar-refractivity contribution in [1.29, 1.82) is 0 Å². The number of carbonyl (C=O) groups is 1. The molecular formula is C14H8BrClF3NO2. The average molecular weight is 395 g/mol. The maximum atomic E-state index is 12.1. The number of hydrogen-bond donors (Lipinski definition) is 1. The van der Waals surface area contributed by atoms with Gasteiger partial charge in [0.15, 0.2) is 0 Å². The van der Waals surface area contributed by atoms with Crippen molar-refractivity contribution < 1.29 is 22.7 Å². The normalized spacial score (nSPS) is 11.1. The van der Waals surface area contributed by atoms with Gasteiger partial charge in [-0.25, -0.2) is 0 Å². The number of alkyl halides is 3. The number of amides is 1. The van der Waals surface area contributed by atoms with E-state index in [1.165, 1.54) is 12.1 Å². The number of rotatable bonds is 3. The zero-order chi connectivity index (χ0) is 16.3. The number of carbonyl (C=O) groups excluding carboxylic acids is 1. The van der Waals surface area contributed by atoms with E-state index >= 15 is 0 Å². The van der Waals surface area contributed by atoms with E-state index in [0.717, 1.165) is 12.1 Å². The quantitative estimate of drug-likeness (QED) is 0.772. The van der Waals surface area contributed by atoms with Crippen LogP contribution in [-0.4, -0.2) is 12.3 Å². The van der Waals surface area contributed by atoms with Crippen LogP contribution in [0.2, 0.25) is 5.02 Å². The van der Waals surface area contributed by atoms with Gasteiger partial charge in [-0.15, -0.1) is 13.2 Å². The van der Waals surface area contributed by atoms with Gasteiger partial charge >= 0.3 is 6.36 Å². The third-order valence-corrected chi connectivity index (χ3v) is 3.34. The van der Waals surface area contributed by atoms with Gasteiger partial charge in [-0.1, -0.05) is 27.5 Å². The van der Waals surface area contributed by atoms with Crippen LogP contribution in [0.5, 0.6) is 5.75 Å². The van der Waals surface area contributed by atoms with Crippen molar-refractivity contribution in [2.45, 2.75) is 6.36 Å². The third kappa shape index (κ3) is 4.64. The lowest BCUT2D eigenvalue weighted by atomic mass is 10.2. The number of anilines is 1. The van der Waals surface area contributed by atoms with Crippen LogP contribution in [0.1, 0.15) is 10.4 Å². The Labute approximate surface area is 137 Å². The molecule has 22 heavy (non-hydrogen) atoms. The number of ether oxygens (including phenoxy) is 1. The Balaban J connectivity index is 2.10. The summed E-state index contributed by atoms with van der Waals surface area (Å²) in [5.41, 5.74) is 0.558. The van der Waals surface area contributed by atoms with E-state index < -0.39 is 12.3 Å². The van der Waals surface area contributed by atoms with Crippen LogP contribution in [-0.2, 0) is 0 Å². The maximum absolute atomic E-state index is 12.1. The first kappa shape index (κ1) is 16.6. The Morgan fingerprint density at radius 2 is 1.77 bits per heavy atom. The van der Waals surface area contributed by atoms with Crippen LogP contribution in [0.15, 0.2) is 46.9 Å². The molecule has 2 rings (SSSR count). The van der Waals surface area contributed by atoms with Gasteiger partial charge in [0.1, 0.15) is 5.75 Å². The van der Waals surface area contributed by atoms with Gasteiger partial charge in [0.2, 0.25) is 0 Å². The lowest BCUT2D eigenvalue weighted by molar-refractivity contribution is -0.274. The lowest BCUT2D eigenvalue weighted by Gasteiger charge is -2.10. The predicted octanol–water partition coefficient (Wildman–Crippen LogP) is 5.25. The molecule has 0 saturated heterocycles. The summed E-state index contributed by atoms with van der Waals surface area (Å²) in [5.74, 6) is -0.846. The molecule has 2 aromatic carbocycles. The van der Waals surface area contributed by atoms with E-state index in [0.29, 0.717) is 10.2 Å². The van der Waals surface area contributed by atoms with Crippen LogP contribution >= 0.6 is 27.5 Å². The average Bonchev–Trinajstić information content (AvgIpc) is 2.42. The largest absolute Gasteiger partial charge is 0.573 e. The van der Waals surface area contributed by atoms with Gasteiger partial charge in [0, 0.05) is 10.2 Å². The summed E-state index contributed by atoms with van der Waals surface area (Å²) in [7, 11) is 0. The van der Waals surface area contributed by atoms with Crippen LogP contribution in [0.25, 0.3) is 0 Å². The molecule has 0 spiro atoms. The minimum Gasteiger partial charge on any atom is -0.406 e. The maximum Gasteiger partial charge on any atom is 0.573 e. The Kier molecular flexibility index (Phi) is 4.97. The zero-order valence-corrected chi connectivity index (χ0v) is 13.1. The highest BCUT2D eigenvalue weighted by molar-refractivity contribution is 9.10. The van der Waals surface area contributed by atoms with Crippen molar-refractivity contribution in [3.63, 3.8) is 0 Å². The highest BCUT2D eigenvalue weighted by Crippen LogP contribution is 2.25. The molecule has 0 atom stereocenters. The topological polar surface area (TPSA) is 38.3 Å². The summed E-state index contributed by atoms with van der Waals surface area (Å²) in [6, 6.07) is 9.58. The molecular weight excluding hydrogens is 387 g/mol. The second-order valence-electron chi connectivity index (χ2n) is 4.15. The van der Waals surface area contributed by atoms with Gasteiger partial charge in [0.25, 0.3) is 5.91 Å². The third-order valence-electron chi connectivity index (χ3n) is 2.52. The molecule has 1 amide bonds. The van der Waals surface area contributed by atoms with Gasteiger partial charge in [0.05, 0.1) is 10.6 Å². The highest BCUT2D eigenvalue weighted by atomic mass is 79.9. The van der Waals surface area contributed by atoms with Crippen molar-refractivity contribution in [3.8, 4) is 5.75 Å². The van der Waals surface area contributed by atoms with Gasteiger partial charge in [-0.2, -0.15) is 0 Å². The van der Waals surface area contributed by atoms with E-state index in [1.807, 2.05) is 0 Å². The summed E-state index contributed by atoms with van der Waals surface area (Å²) in [5, 5.41) is 2.80. The van der Waals surface area contributed by atoms with Crippen molar-refractivity contribution in [3.05, 3.63) is 57.5 Å². The van der Waals surface area contributed by atoms with E-state index in [-0.39, 0.29) is 16.3 Å². The molecule has 0 aliphatic carbocycles. The van der Waals surface area contributed by atoms with E-state index in [9.17, 15) is 18.0 Å². The second-order valence-corrected chi connectivity index (χ2v) is 5.47. The van der Waals surface area contributed by atoms with Crippen molar-refractivity contribution >= 4 is 39.1 Å². The minimum absolute atomic E-state index is 0.242. The fourth-order valence-corrected chi connectivity index (χ4v) is 2.17. The van der Waals surface area contributed by atoms with Crippen molar-refractivity contribution in [2.75, 3.05) is 5.32 Å². The zero-order valence-electron chi connectivity index (χ0n) is 10.7. The molecule has 0 radical (unpaired) electrons. The summed E-state index contributed by atoms with van der Waals surface area (Å²) < 4.78 is 40.6. The number of benzene rings is 2. The van der Waals surface area contributed by atoms with Gasteiger partial charge < -0.3 is 10.1 Å². The Hall–Kier alpha value is -1.73. The molecule has 0 unspecified atom stereocenters.